The third kappa shape index (κ3) is 2.62. The van der Waals surface area contributed by atoms with Crippen LogP contribution in [0.4, 0.5) is 11.4 Å². The minimum Gasteiger partial charge on any atom is -1.00 e. The van der Waals surface area contributed by atoms with Gasteiger partial charge < -0.3 is 17.7 Å². The van der Waals surface area contributed by atoms with E-state index >= 15 is 0 Å². The Hall–Kier alpha value is -2.58. The van der Waals surface area contributed by atoms with Gasteiger partial charge in [-0.1, -0.05) is 42.5 Å². The summed E-state index contributed by atoms with van der Waals surface area (Å²) >= 11 is 0. The zero-order valence-corrected chi connectivity index (χ0v) is 13.6. The first kappa shape index (κ1) is 15.3. The quantitative estimate of drug-likeness (QED) is 0.438. The van der Waals surface area contributed by atoms with E-state index in [0.29, 0.717) is 0 Å². The van der Waals surface area contributed by atoms with Crippen molar-refractivity contribution in [3.8, 4) is 0 Å². The van der Waals surface area contributed by atoms with E-state index in [2.05, 4.69) is 89.7 Å². The number of nitrogens with zero attached hydrogens (tertiary/aromatic N) is 1. The Labute approximate surface area is 141 Å². The van der Waals surface area contributed by atoms with Crippen LogP contribution in [0.5, 0.6) is 0 Å². The van der Waals surface area contributed by atoms with Crippen LogP contribution in [0.1, 0.15) is 0 Å². The maximum Gasteiger partial charge on any atom is 0.214 e. The van der Waals surface area contributed by atoms with Crippen molar-refractivity contribution in [1.29, 1.82) is 0 Å². The van der Waals surface area contributed by atoms with Crippen molar-refractivity contribution in [2.24, 2.45) is 7.05 Å². The Kier molecular flexibility index (Phi) is 4.18. The van der Waals surface area contributed by atoms with E-state index in [1.807, 2.05) is 6.07 Å². The molecule has 23 heavy (non-hydrogen) atoms. The van der Waals surface area contributed by atoms with Crippen LogP contribution in [-0.4, -0.2) is 0 Å². The average Bonchev–Trinajstić information content (AvgIpc) is 2.59. The van der Waals surface area contributed by atoms with E-state index in [1.165, 1.54) is 21.8 Å². The number of benzene rings is 3. The minimum atomic E-state index is 0. The van der Waals surface area contributed by atoms with E-state index in [0.717, 1.165) is 11.4 Å². The number of para-hydroxylation sites is 3. The molecule has 0 aliphatic heterocycles. The molecule has 0 saturated heterocycles. The molecule has 0 aliphatic carbocycles. The summed E-state index contributed by atoms with van der Waals surface area (Å²) in [5.74, 6) is 0. The molecule has 1 heterocycles. The van der Waals surface area contributed by atoms with Crippen molar-refractivity contribution >= 4 is 33.2 Å². The number of aromatic nitrogens is 1. The number of halogens is 1. The summed E-state index contributed by atoms with van der Waals surface area (Å²) in [4.78, 5) is 0. The Balaban J connectivity index is 0.00000156. The van der Waals surface area contributed by atoms with Crippen molar-refractivity contribution < 1.29 is 17.0 Å². The SMILES string of the molecule is C[n+]1c2ccccc2c(Nc2ccccc2)c2ccccc21.[Cl-]. The monoisotopic (exact) mass is 320 g/mol. The lowest BCUT2D eigenvalue weighted by molar-refractivity contribution is -0.617. The second kappa shape index (κ2) is 6.27. The number of nitrogens with one attached hydrogen (secondary N) is 1. The number of anilines is 2. The average molecular weight is 321 g/mol. The van der Waals surface area contributed by atoms with Crippen molar-refractivity contribution in [2.45, 2.75) is 0 Å². The van der Waals surface area contributed by atoms with E-state index in [1.54, 1.807) is 0 Å². The Morgan fingerprint density at radius 2 is 1.13 bits per heavy atom. The van der Waals surface area contributed by atoms with Crippen molar-refractivity contribution in [3.05, 3.63) is 78.9 Å². The molecule has 0 fully saturated rings. The highest BCUT2D eigenvalue weighted by molar-refractivity contribution is 6.06. The van der Waals surface area contributed by atoms with Crippen LogP contribution in [0.25, 0.3) is 21.8 Å². The summed E-state index contributed by atoms with van der Waals surface area (Å²) in [6.07, 6.45) is 0. The van der Waals surface area contributed by atoms with Gasteiger partial charge >= 0.3 is 0 Å². The molecule has 0 bridgehead atoms. The van der Waals surface area contributed by atoms with Gasteiger partial charge in [-0.15, -0.1) is 0 Å². The molecule has 1 aromatic heterocycles. The molecule has 0 radical (unpaired) electrons. The first-order chi connectivity index (χ1) is 10.8. The number of hydrogen-bond acceptors (Lipinski definition) is 1. The molecule has 4 aromatic rings. The Morgan fingerprint density at radius 1 is 0.652 bits per heavy atom. The lowest BCUT2D eigenvalue weighted by atomic mass is 10.1. The van der Waals surface area contributed by atoms with Gasteiger partial charge in [0.05, 0.1) is 16.5 Å². The Morgan fingerprint density at radius 3 is 1.70 bits per heavy atom. The maximum absolute atomic E-state index is 3.60. The summed E-state index contributed by atoms with van der Waals surface area (Å²) in [7, 11) is 2.12. The standard InChI is InChI=1S/C20H16N2.ClH/c1-22-18-13-7-5-11-16(18)20(17-12-6-8-14-19(17)22)21-15-9-3-2-4-10-15;/h2-14H,1H3;1H. The molecule has 2 nitrogen and oxygen atoms in total. The van der Waals surface area contributed by atoms with Gasteiger partial charge in [0, 0.05) is 17.8 Å². The fourth-order valence-electron chi connectivity index (χ4n) is 3.03. The van der Waals surface area contributed by atoms with E-state index in [4.69, 9.17) is 0 Å². The summed E-state index contributed by atoms with van der Waals surface area (Å²) in [6.45, 7) is 0. The largest absolute Gasteiger partial charge is 1.00 e. The van der Waals surface area contributed by atoms with Crippen LogP contribution in [-0.2, 0) is 7.05 Å². The number of aryl methyl sites for hydroxylation is 1. The lowest BCUT2D eigenvalue weighted by Crippen LogP contribution is -3.00. The number of fused-ring (bicyclic) bond motifs is 2. The third-order valence-corrected chi connectivity index (χ3v) is 4.11. The maximum atomic E-state index is 3.60. The highest BCUT2D eigenvalue weighted by Gasteiger charge is 2.16. The smallest absolute Gasteiger partial charge is 0.214 e. The molecule has 0 saturated carbocycles. The van der Waals surface area contributed by atoms with Gasteiger partial charge in [0.25, 0.3) is 0 Å². The summed E-state index contributed by atoms with van der Waals surface area (Å²) in [6, 6.07) is 27.4. The third-order valence-electron chi connectivity index (χ3n) is 4.11. The van der Waals surface area contributed by atoms with Gasteiger partial charge in [-0.05, 0) is 24.3 Å². The molecule has 0 spiro atoms. The molecular formula is C20H17ClN2. The molecule has 4 rings (SSSR count). The number of hydrogen-bond donors (Lipinski definition) is 1. The van der Waals surface area contributed by atoms with Gasteiger partial charge in [0.15, 0.2) is 0 Å². The van der Waals surface area contributed by atoms with Gasteiger partial charge in [-0.25, -0.2) is 0 Å². The van der Waals surface area contributed by atoms with E-state index in [9.17, 15) is 0 Å². The van der Waals surface area contributed by atoms with Crippen LogP contribution >= 0.6 is 0 Å². The van der Waals surface area contributed by atoms with Crippen LogP contribution in [0.2, 0.25) is 0 Å². The summed E-state index contributed by atoms with van der Waals surface area (Å²) < 4.78 is 2.25. The minimum absolute atomic E-state index is 0. The second-order valence-corrected chi connectivity index (χ2v) is 5.46. The molecule has 3 aromatic carbocycles. The zero-order chi connectivity index (χ0) is 14.9. The predicted octanol–water partition coefficient (Wildman–Crippen LogP) is 1.57. The van der Waals surface area contributed by atoms with Crippen LogP contribution < -0.4 is 22.3 Å². The molecule has 114 valence electrons. The van der Waals surface area contributed by atoms with Gasteiger partial charge in [0.2, 0.25) is 11.0 Å². The van der Waals surface area contributed by atoms with Gasteiger partial charge in [0.1, 0.15) is 7.05 Å². The molecule has 0 atom stereocenters. The van der Waals surface area contributed by atoms with Crippen LogP contribution in [0.3, 0.4) is 0 Å². The lowest BCUT2D eigenvalue weighted by Gasteiger charge is -2.12. The highest BCUT2D eigenvalue weighted by atomic mass is 35.5. The van der Waals surface area contributed by atoms with E-state index < -0.39 is 0 Å². The number of pyridine rings is 1. The Bertz CT molecular complexity index is 908. The summed E-state index contributed by atoms with van der Waals surface area (Å²) in [5, 5.41) is 6.06. The highest BCUT2D eigenvalue weighted by Crippen LogP contribution is 2.31. The molecule has 3 heteroatoms. The number of rotatable bonds is 2. The van der Waals surface area contributed by atoms with E-state index in [-0.39, 0.29) is 12.4 Å². The van der Waals surface area contributed by atoms with Crippen molar-refractivity contribution in [3.63, 3.8) is 0 Å². The van der Waals surface area contributed by atoms with Crippen molar-refractivity contribution in [2.75, 3.05) is 5.32 Å². The molecule has 0 aliphatic rings. The molecule has 0 unspecified atom stereocenters. The first-order valence-corrected chi connectivity index (χ1v) is 7.46. The van der Waals surface area contributed by atoms with Crippen molar-refractivity contribution in [1.82, 2.24) is 0 Å². The molecular weight excluding hydrogens is 304 g/mol. The molecule has 1 N–H and O–H groups in total. The second-order valence-electron chi connectivity index (χ2n) is 5.46. The van der Waals surface area contributed by atoms with Crippen LogP contribution in [0.15, 0.2) is 78.9 Å². The molecule has 0 amide bonds. The fourth-order valence-corrected chi connectivity index (χ4v) is 3.03. The van der Waals surface area contributed by atoms with Crippen LogP contribution in [0, 0.1) is 0 Å². The predicted molar refractivity (Wildman–Crippen MR) is 92.4 cm³/mol. The fraction of sp³-hybridized carbons (Fsp3) is 0.0500. The normalized spacial score (nSPS) is 10.5. The first-order valence-electron chi connectivity index (χ1n) is 7.46. The zero-order valence-electron chi connectivity index (χ0n) is 12.8. The topological polar surface area (TPSA) is 15.9 Å². The van der Waals surface area contributed by atoms with Gasteiger partial charge in [-0.3, -0.25) is 0 Å². The van der Waals surface area contributed by atoms with Gasteiger partial charge in [-0.2, -0.15) is 4.57 Å². The summed E-state index contributed by atoms with van der Waals surface area (Å²) in [5.41, 5.74) is 4.71.